The van der Waals surface area contributed by atoms with Crippen molar-refractivity contribution in [3.05, 3.63) is 24.3 Å². The third kappa shape index (κ3) is 65.5. The predicted molar refractivity (Wildman–Crippen MR) is 352 cm³/mol. The van der Waals surface area contributed by atoms with Gasteiger partial charge in [0.2, 0.25) is 5.91 Å². The van der Waals surface area contributed by atoms with Crippen molar-refractivity contribution < 1.29 is 24.5 Å². The largest absolute Gasteiger partial charge is 0.466 e. The normalized spacial score (nSPS) is 12.6. The van der Waals surface area contributed by atoms with E-state index in [1.165, 1.54) is 340 Å². The van der Waals surface area contributed by atoms with Crippen LogP contribution in [-0.4, -0.2) is 47.4 Å². The van der Waals surface area contributed by atoms with Gasteiger partial charge in [0, 0.05) is 12.8 Å². The molecule has 6 nitrogen and oxygen atoms in total. The van der Waals surface area contributed by atoms with Gasteiger partial charge < -0.3 is 20.3 Å². The van der Waals surface area contributed by atoms with Gasteiger partial charge in [-0.15, -0.1) is 0 Å². The Morgan fingerprint density at radius 1 is 0.338 bits per heavy atom. The maximum atomic E-state index is 12.4. The van der Waals surface area contributed by atoms with Gasteiger partial charge in [0.05, 0.1) is 25.4 Å². The van der Waals surface area contributed by atoms with Gasteiger partial charge >= 0.3 is 5.97 Å². The van der Waals surface area contributed by atoms with Gasteiger partial charge in [-0.05, 0) is 57.8 Å². The summed E-state index contributed by atoms with van der Waals surface area (Å²) in [5.74, 6) is -0.0461. The third-order valence-electron chi connectivity index (χ3n) is 17.2. The summed E-state index contributed by atoms with van der Waals surface area (Å²) in [6, 6.07) is -0.621. The van der Waals surface area contributed by atoms with Crippen molar-refractivity contribution in [1.82, 2.24) is 5.32 Å². The fraction of sp³-hybridized carbons (Fsp3) is 0.919. The summed E-state index contributed by atoms with van der Waals surface area (Å²) in [6.07, 6.45) is 88.7. The number of allylic oxidation sites excluding steroid dienone is 3. The maximum Gasteiger partial charge on any atom is 0.305 e. The number of aliphatic hydroxyl groups is 2. The van der Waals surface area contributed by atoms with Gasteiger partial charge in [0.15, 0.2) is 0 Å². The summed E-state index contributed by atoms with van der Waals surface area (Å²) in [6.45, 7) is 4.91. The van der Waals surface area contributed by atoms with Crippen molar-refractivity contribution in [3.8, 4) is 0 Å². The average Bonchev–Trinajstić information content (AvgIpc) is 3.46. The van der Waals surface area contributed by atoms with Crippen LogP contribution >= 0.6 is 0 Å². The van der Waals surface area contributed by atoms with Crippen molar-refractivity contribution in [2.24, 2.45) is 0 Å². The molecule has 2 atom stereocenters. The molecule has 0 saturated heterocycles. The van der Waals surface area contributed by atoms with Crippen LogP contribution in [-0.2, 0) is 14.3 Å². The van der Waals surface area contributed by atoms with E-state index in [1.807, 2.05) is 6.08 Å². The van der Waals surface area contributed by atoms with Gasteiger partial charge in [-0.1, -0.05) is 366 Å². The number of aliphatic hydroxyl groups excluding tert-OH is 2. The van der Waals surface area contributed by atoms with Crippen LogP contribution in [0.1, 0.15) is 412 Å². The molecule has 0 aliphatic rings. The van der Waals surface area contributed by atoms with Crippen LogP contribution in [0.2, 0.25) is 0 Å². The highest BCUT2D eigenvalue weighted by molar-refractivity contribution is 5.76. The van der Waals surface area contributed by atoms with Crippen LogP contribution in [0.15, 0.2) is 24.3 Å². The van der Waals surface area contributed by atoms with E-state index in [9.17, 15) is 19.8 Å². The standard InChI is InChI=1S/C74H143NO5/c1-3-5-7-9-11-13-15-16-17-42-45-48-52-56-60-64-68-74(79)80-69-65-61-57-53-49-46-43-40-38-36-34-32-30-28-26-24-22-20-18-19-21-23-25-27-29-31-33-35-37-39-41-44-47-51-55-59-63-67-73(78)75-71(70-76)72(77)66-62-58-54-50-14-12-10-8-6-4-2/h17,42,62,66,71-72,76-77H,3-16,18-41,43-61,63-65,67-70H2,1-2H3,(H,75,78)/b42-17-,66-62+. The molecule has 80 heavy (non-hydrogen) atoms. The van der Waals surface area contributed by atoms with Crippen molar-refractivity contribution in [2.75, 3.05) is 13.2 Å². The molecule has 0 aromatic carbocycles. The van der Waals surface area contributed by atoms with E-state index in [-0.39, 0.29) is 18.5 Å². The predicted octanol–water partition coefficient (Wildman–Crippen LogP) is 23.7. The first kappa shape index (κ1) is 78.3. The van der Waals surface area contributed by atoms with Crippen molar-refractivity contribution in [1.29, 1.82) is 0 Å². The molecule has 0 aliphatic heterocycles. The van der Waals surface area contributed by atoms with E-state index in [1.54, 1.807) is 6.08 Å². The smallest absolute Gasteiger partial charge is 0.305 e. The molecule has 0 aliphatic carbocycles. The van der Waals surface area contributed by atoms with Gasteiger partial charge in [-0.3, -0.25) is 9.59 Å². The Kier molecular flexibility index (Phi) is 68.4. The molecule has 0 rings (SSSR count). The second kappa shape index (κ2) is 69.8. The van der Waals surface area contributed by atoms with E-state index in [4.69, 9.17) is 4.74 Å². The molecule has 0 bridgehead atoms. The number of nitrogens with one attached hydrogen (secondary N) is 1. The molecule has 0 radical (unpaired) electrons. The topological polar surface area (TPSA) is 95.9 Å². The zero-order valence-electron chi connectivity index (χ0n) is 54.3. The Bertz CT molecular complexity index is 1250. The Balaban J connectivity index is 3.28. The number of unbranched alkanes of at least 4 members (excludes halogenated alkanes) is 56. The van der Waals surface area contributed by atoms with Gasteiger partial charge in [-0.25, -0.2) is 0 Å². The molecular weight excluding hydrogens is 983 g/mol. The van der Waals surface area contributed by atoms with E-state index in [2.05, 4.69) is 31.3 Å². The van der Waals surface area contributed by atoms with Crippen LogP contribution in [0.25, 0.3) is 0 Å². The first-order chi connectivity index (χ1) is 39.5. The lowest BCUT2D eigenvalue weighted by Crippen LogP contribution is -2.45. The second-order valence-electron chi connectivity index (χ2n) is 25.3. The average molecular weight is 1130 g/mol. The summed E-state index contributed by atoms with van der Waals surface area (Å²) >= 11 is 0. The lowest BCUT2D eigenvalue weighted by Gasteiger charge is -2.20. The first-order valence-corrected chi connectivity index (χ1v) is 36.6. The molecule has 0 aromatic rings. The summed E-state index contributed by atoms with van der Waals surface area (Å²) in [7, 11) is 0. The fourth-order valence-electron chi connectivity index (χ4n) is 11.6. The van der Waals surface area contributed by atoms with Gasteiger partial charge in [-0.2, -0.15) is 0 Å². The number of amides is 1. The summed E-state index contributed by atoms with van der Waals surface area (Å²) < 4.78 is 5.50. The highest BCUT2D eigenvalue weighted by Gasteiger charge is 2.18. The minimum atomic E-state index is -0.838. The molecule has 0 spiro atoms. The Morgan fingerprint density at radius 2 is 0.588 bits per heavy atom. The number of ether oxygens (including phenoxy) is 1. The zero-order chi connectivity index (χ0) is 57.8. The number of carbonyl (C=O) groups excluding carboxylic acids is 2. The van der Waals surface area contributed by atoms with Crippen LogP contribution in [0.3, 0.4) is 0 Å². The summed E-state index contributed by atoms with van der Waals surface area (Å²) in [5, 5.41) is 23.0. The van der Waals surface area contributed by atoms with Gasteiger partial charge in [0.1, 0.15) is 0 Å². The molecule has 0 aromatic heterocycles. The Labute approximate surface area is 501 Å². The number of rotatable bonds is 69. The number of hydrogen-bond donors (Lipinski definition) is 3. The van der Waals surface area contributed by atoms with Gasteiger partial charge in [0.25, 0.3) is 0 Å². The lowest BCUT2D eigenvalue weighted by atomic mass is 10.0. The van der Waals surface area contributed by atoms with Crippen LogP contribution in [0.5, 0.6) is 0 Å². The van der Waals surface area contributed by atoms with E-state index >= 15 is 0 Å². The minimum Gasteiger partial charge on any atom is -0.466 e. The molecule has 0 fully saturated rings. The SMILES string of the molecule is CCCCCCCCC/C=C\CCCCCCCC(=O)OCCCCCCCCCCCCCCCCCCCCCCCCCCCCCCCCCCCCCCCC(=O)NC(CO)C(O)/C=C/CCCCCCCCCC. The number of esters is 1. The van der Waals surface area contributed by atoms with Crippen molar-refractivity contribution in [2.45, 2.75) is 424 Å². The zero-order valence-corrected chi connectivity index (χ0v) is 54.3. The molecule has 1 amide bonds. The molecule has 0 heterocycles. The molecule has 2 unspecified atom stereocenters. The number of carbonyl (C=O) groups is 2. The first-order valence-electron chi connectivity index (χ1n) is 36.6. The Morgan fingerprint density at radius 3 is 0.887 bits per heavy atom. The van der Waals surface area contributed by atoms with Crippen LogP contribution < -0.4 is 5.32 Å². The maximum absolute atomic E-state index is 12.4. The minimum absolute atomic E-state index is 0.0163. The third-order valence-corrected chi connectivity index (χ3v) is 17.2. The lowest BCUT2D eigenvalue weighted by molar-refractivity contribution is -0.143. The quantitative estimate of drug-likeness (QED) is 0.0320. The van der Waals surface area contributed by atoms with E-state index in [0.29, 0.717) is 19.4 Å². The molecule has 6 heteroatoms. The fourth-order valence-corrected chi connectivity index (χ4v) is 11.6. The van der Waals surface area contributed by atoms with Crippen molar-refractivity contribution in [3.63, 3.8) is 0 Å². The summed E-state index contributed by atoms with van der Waals surface area (Å²) in [4.78, 5) is 24.5. The monoisotopic (exact) mass is 1130 g/mol. The van der Waals surface area contributed by atoms with Crippen molar-refractivity contribution >= 4 is 11.9 Å². The van der Waals surface area contributed by atoms with E-state index in [0.717, 1.165) is 44.9 Å². The number of hydrogen-bond acceptors (Lipinski definition) is 5. The second-order valence-corrected chi connectivity index (χ2v) is 25.3. The Hall–Kier alpha value is -1.66. The highest BCUT2D eigenvalue weighted by atomic mass is 16.5. The highest BCUT2D eigenvalue weighted by Crippen LogP contribution is 2.19. The molecule has 0 saturated carbocycles. The molecule has 474 valence electrons. The van der Waals surface area contributed by atoms with E-state index < -0.39 is 12.1 Å². The summed E-state index contributed by atoms with van der Waals surface area (Å²) in [5.41, 5.74) is 0. The van der Waals surface area contributed by atoms with Crippen LogP contribution in [0, 0.1) is 0 Å². The molecule has 3 N–H and O–H groups in total. The molecular formula is C74H143NO5. The van der Waals surface area contributed by atoms with Crippen LogP contribution in [0.4, 0.5) is 0 Å².